The second-order valence-electron chi connectivity index (χ2n) is 3.18. The fourth-order valence-corrected chi connectivity index (χ4v) is 0.785. The van der Waals surface area contributed by atoms with Gasteiger partial charge in [-0.25, -0.2) is 0 Å². The zero-order chi connectivity index (χ0) is 11.8. The van der Waals surface area contributed by atoms with Crippen LogP contribution >= 0.6 is 0 Å². The van der Waals surface area contributed by atoms with Crippen LogP contribution in [-0.4, -0.2) is 18.0 Å². The van der Waals surface area contributed by atoms with Crippen LogP contribution in [0.2, 0.25) is 0 Å². The van der Waals surface area contributed by atoms with Gasteiger partial charge in [0, 0.05) is 17.8 Å². The van der Waals surface area contributed by atoms with E-state index < -0.39 is 0 Å². The molecule has 4 N–H and O–H groups in total. The van der Waals surface area contributed by atoms with E-state index in [1.165, 1.54) is 0 Å². The number of nitrogens with one attached hydrogen (secondary N) is 1. The van der Waals surface area contributed by atoms with Crippen LogP contribution < -0.4 is 11.1 Å². The van der Waals surface area contributed by atoms with Gasteiger partial charge in [0.15, 0.2) is 5.88 Å². The highest BCUT2D eigenvalue weighted by Gasteiger charge is 1.98. The van der Waals surface area contributed by atoms with Crippen molar-refractivity contribution in [1.29, 1.82) is 0 Å². The van der Waals surface area contributed by atoms with Crippen molar-refractivity contribution in [3.8, 4) is 0 Å². The molecule has 0 spiro atoms. The molecular weight excluding hydrogens is 190 g/mol. The maximum absolute atomic E-state index is 9.04. The summed E-state index contributed by atoms with van der Waals surface area (Å²) in [6, 6.07) is 0. The summed E-state index contributed by atoms with van der Waals surface area (Å²) in [6.45, 7) is 10.0. The van der Waals surface area contributed by atoms with Gasteiger partial charge in [0.25, 0.3) is 0 Å². The monoisotopic (exact) mass is 209 g/mol. The van der Waals surface area contributed by atoms with E-state index in [9.17, 15) is 0 Å². The second-order valence-corrected chi connectivity index (χ2v) is 3.18. The van der Waals surface area contributed by atoms with Gasteiger partial charge in [-0.15, -0.1) is 0 Å². The average Bonchev–Trinajstić information content (AvgIpc) is 2.15. The van der Waals surface area contributed by atoms with Crippen molar-refractivity contribution in [3.05, 3.63) is 35.4 Å². The second kappa shape index (κ2) is 6.70. The highest BCUT2D eigenvalue weighted by atomic mass is 16.3. The lowest BCUT2D eigenvalue weighted by atomic mass is 10.2. The molecule has 4 heteroatoms. The Morgan fingerprint density at radius 3 is 2.53 bits per heavy atom. The topological polar surface area (TPSA) is 70.6 Å². The lowest BCUT2D eigenvalue weighted by molar-refractivity contribution is 0.400. The van der Waals surface area contributed by atoms with Crippen LogP contribution in [0, 0.1) is 0 Å². The Labute approximate surface area is 90.9 Å². The Morgan fingerprint density at radius 1 is 1.53 bits per heavy atom. The number of aliphatic hydroxyl groups excluding tert-OH is 1. The number of aliphatic imine (C=N–C) groups is 1. The molecule has 0 saturated carbocycles. The maximum atomic E-state index is 9.04. The summed E-state index contributed by atoms with van der Waals surface area (Å²) in [6.07, 6.45) is 3.32. The maximum Gasteiger partial charge on any atom is 0.184 e. The van der Waals surface area contributed by atoms with Gasteiger partial charge in [-0.3, -0.25) is 4.99 Å². The van der Waals surface area contributed by atoms with Gasteiger partial charge >= 0.3 is 0 Å². The molecule has 0 rings (SSSR count). The van der Waals surface area contributed by atoms with Gasteiger partial charge in [-0.05, 0) is 32.4 Å². The van der Waals surface area contributed by atoms with E-state index in [-0.39, 0.29) is 5.88 Å². The molecule has 0 aromatic carbocycles. The molecule has 84 valence electrons. The molecule has 4 nitrogen and oxygen atoms in total. The number of allylic oxidation sites excluding steroid dienone is 3. The molecular formula is C11H19N3O. The third-order valence-electron chi connectivity index (χ3n) is 1.72. The van der Waals surface area contributed by atoms with E-state index >= 15 is 0 Å². The number of nitrogens with zero attached hydrogens (tertiary/aromatic N) is 1. The van der Waals surface area contributed by atoms with E-state index in [2.05, 4.69) is 16.9 Å². The molecule has 0 bridgehead atoms. The van der Waals surface area contributed by atoms with Crippen molar-refractivity contribution < 1.29 is 5.11 Å². The molecule has 15 heavy (non-hydrogen) atoms. The Kier molecular flexibility index (Phi) is 5.94. The molecule has 0 atom stereocenters. The van der Waals surface area contributed by atoms with Crippen LogP contribution in [0.1, 0.15) is 20.8 Å². The third kappa shape index (κ3) is 5.57. The van der Waals surface area contributed by atoms with Gasteiger partial charge in [0.2, 0.25) is 0 Å². The summed E-state index contributed by atoms with van der Waals surface area (Å²) < 4.78 is 0. The molecule has 0 aliphatic heterocycles. The number of hydrogen-bond acceptors (Lipinski definition) is 3. The quantitative estimate of drug-likeness (QED) is 0.280. The first-order valence-corrected chi connectivity index (χ1v) is 4.76. The molecule has 0 saturated heterocycles. The minimum Gasteiger partial charge on any atom is -0.495 e. The molecule has 0 heterocycles. The Hall–Kier alpha value is -1.71. The standard InChI is InChI=1S/C11H19N3O/c1-5-13-7-14-10(8(2)3)6-9(4)11(12)15/h6-7,15H,2,5,12H2,1,3-4H3,(H,13,14)/b10-6+,11-9+. The van der Waals surface area contributed by atoms with E-state index in [0.29, 0.717) is 12.1 Å². The molecule has 0 radical (unpaired) electrons. The number of rotatable bonds is 5. The number of aliphatic hydroxyl groups is 1. The Bertz CT molecular complexity index is 310. The Morgan fingerprint density at radius 2 is 2.13 bits per heavy atom. The summed E-state index contributed by atoms with van der Waals surface area (Å²) >= 11 is 0. The molecule has 0 amide bonds. The molecule has 0 aromatic heterocycles. The summed E-state index contributed by atoms with van der Waals surface area (Å²) in [4.78, 5) is 4.02. The lowest BCUT2D eigenvalue weighted by Crippen LogP contribution is -2.12. The molecule has 0 aliphatic rings. The Balaban J connectivity index is 4.75. The smallest absolute Gasteiger partial charge is 0.184 e. The first-order valence-electron chi connectivity index (χ1n) is 4.76. The third-order valence-corrected chi connectivity index (χ3v) is 1.72. The van der Waals surface area contributed by atoms with Crippen molar-refractivity contribution in [3.63, 3.8) is 0 Å². The lowest BCUT2D eigenvalue weighted by Gasteiger charge is -2.06. The molecule has 0 aromatic rings. The van der Waals surface area contributed by atoms with Crippen molar-refractivity contribution in [2.75, 3.05) is 6.54 Å². The van der Waals surface area contributed by atoms with E-state index in [4.69, 9.17) is 10.8 Å². The molecule has 0 fully saturated rings. The van der Waals surface area contributed by atoms with Crippen molar-refractivity contribution in [2.45, 2.75) is 20.8 Å². The first-order chi connectivity index (χ1) is 6.99. The summed E-state index contributed by atoms with van der Waals surface area (Å²) in [5.74, 6) is -0.192. The fourth-order valence-electron chi connectivity index (χ4n) is 0.785. The van der Waals surface area contributed by atoms with Gasteiger partial charge in [-0.1, -0.05) is 6.58 Å². The SMILES string of the molecule is C=C(C)/C(=C\C(C)=C(/N)O)NC=NCC. The zero-order valence-corrected chi connectivity index (χ0v) is 9.54. The minimum atomic E-state index is -0.192. The van der Waals surface area contributed by atoms with Crippen molar-refractivity contribution >= 4 is 6.34 Å². The minimum absolute atomic E-state index is 0.192. The number of hydrogen-bond donors (Lipinski definition) is 3. The first kappa shape index (κ1) is 13.3. The largest absolute Gasteiger partial charge is 0.495 e. The zero-order valence-electron chi connectivity index (χ0n) is 9.54. The van der Waals surface area contributed by atoms with E-state index in [1.807, 2.05) is 13.8 Å². The van der Waals surface area contributed by atoms with Crippen molar-refractivity contribution in [2.24, 2.45) is 10.7 Å². The van der Waals surface area contributed by atoms with Crippen LogP contribution in [0.3, 0.4) is 0 Å². The normalized spacial score (nSPS) is 13.9. The highest BCUT2D eigenvalue weighted by molar-refractivity contribution is 5.60. The molecule has 0 unspecified atom stereocenters. The van der Waals surface area contributed by atoms with Crippen LogP contribution in [0.25, 0.3) is 0 Å². The summed E-state index contributed by atoms with van der Waals surface area (Å²) in [7, 11) is 0. The predicted molar refractivity (Wildman–Crippen MR) is 64.6 cm³/mol. The van der Waals surface area contributed by atoms with Gasteiger partial charge in [0.1, 0.15) is 0 Å². The van der Waals surface area contributed by atoms with Crippen LogP contribution in [0.5, 0.6) is 0 Å². The van der Waals surface area contributed by atoms with E-state index in [1.54, 1.807) is 19.3 Å². The number of nitrogens with two attached hydrogens (primary N) is 1. The van der Waals surface area contributed by atoms with Crippen molar-refractivity contribution in [1.82, 2.24) is 5.32 Å². The van der Waals surface area contributed by atoms with Crippen LogP contribution in [-0.2, 0) is 0 Å². The van der Waals surface area contributed by atoms with Crippen LogP contribution in [0.15, 0.2) is 40.4 Å². The summed E-state index contributed by atoms with van der Waals surface area (Å²) in [5, 5.41) is 12.0. The highest BCUT2D eigenvalue weighted by Crippen LogP contribution is 2.07. The predicted octanol–water partition coefficient (Wildman–Crippen LogP) is 1.83. The molecule has 0 aliphatic carbocycles. The van der Waals surface area contributed by atoms with Crippen LogP contribution in [0.4, 0.5) is 0 Å². The average molecular weight is 209 g/mol. The van der Waals surface area contributed by atoms with Gasteiger partial charge in [-0.2, -0.15) is 0 Å². The van der Waals surface area contributed by atoms with E-state index in [0.717, 1.165) is 11.3 Å². The van der Waals surface area contributed by atoms with Gasteiger partial charge < -0.3 is 16.2 Å². The van der Waals surface area contributed by atoms with Gasteiger partial charge in [0.05, 0.1) is 6.34 Å². The fraction of sp³-hybridized carbons (Fsp3) is 0.364. The summed E-state index contributed by atoms with van der Waals surface area (Å²) in [5.41, 5.74) is 7.45.